The summed E-state index contributed by atoms with van der Waals surface area (Å²) in [5.41, 5.74) is -0.587. The first-order valence-electron chi connectivity index (χ1n) is 15.8. The lowest BCUT2D eigenvalue weighted by atomic mass is 9.80. The molecule has 0 saturated heterocycles. The molecule has 7 rings (SSSR count). The second-order valence-corrected chi connectivity index (χ2v) is 12.9. The molecule has 15 heteroatoms. The maximum atomic E-state index is 15.4. The fourth-order valence-electron chi connectivity index (χ4n) is 6.23. The van der Waals surface area contributed by atoms with E-state index in [-0.39, 0.29) is 52.9 Å². The number of ether oxygens (including phenoxy) is 2. The number of carbonyl (C=O) groups excluding carboxylic acids is 2. The van der Waals surface area contributed by atoms with Crippen molar-refractivity contribution in [2.24, 2.45) is 5.73 Å². The normalized spacial score (nSPS) is 18.2. The van der Waals surface area contributed by atoms with E-state index >= 15 is 4.39 Å². The fraction of sp³-hybridized carbons (Fsp3) is 0.278. The van der Waals surface area contributed by atoms with Gasteiger partial charge in [0, 0.05) is 34.3 Å². The molecule has 0 unspecified atom stereocenters. The Morgan fingerprint density at radius 1 is 1.10 bits per heavy atom. The molecule has 0 radical (unpaired) electrons. The lowest BCUT2D eigenvalue weighted by molar-refractivity contribution is -0.140. The molecule has 4 N–H and O–H groups in total. The molecule has 0 bridgehead atoms. The summed E-state index contributed by atoms with van der Waals surface area (Å²) in [6.07, 6.45) is -1.41. The smallest absolute Gasteiger partial charge is 0.419 e. The van der Waals surface area contributed by atoms with Crippen molar-refractivity contribution in [1.82, 2.24) is 20.1 Å². The van der Waals surface area contributed by atoms with Crippen molar-refractivity contribution in [3.63, 3.8) is 0 Å². The second-order valence-electron chi connectivity index (χ2n) is 12.9. The van der Waals surface area contributed by atoms with Gasteiger partial charge in [-0.2, -0.15) is 18.3 Å². The van der Waals surface area contributed by atoms with Crippen molar-refractivity contribution < 1.29 is 46.1 Å². The van der Waals surface area contributed by atoms with Gasteiger partial charge in [-0.3, -0.25) is 14.3 Å². The van der Waals surface area contributed by atoms with Gasteiger partial charge in [-0.15, -0.1) is 0 Å². The Balaban J connectivity index is 1.36. The van der Waals surface area contributed by atoms with Gasteiger partial charge in [0.1, 0.15) is 52.0 Å². The summed E-state index contributed by atoms with van der Waals surface area (Å²) in [4.78, 5) is 30.8. The number of nitrogens with one attached hydrogen (secondary N) is 1. The van der Waals surface area contributed by atoms with Crippen molar-refractivity contribution in [2.75, 3.05) is 20.3 Å². The van der Waals surface area contributed by atoms with Crippen LogP contribution in [0.15, 0.2) is 66.9 Å². The molecule has 1 fully saturated rings. The van der Waals surface area contributed by atoms with Gasteiger partial charge >= 0.3 is 6.18 Å². The Kier molecular flexibility index (Phi) is 8.00. The van der Waals surface area contributed by atoms with Crippen LogP contribution in [-0.2, 0) is 22.0 Å². The van der Waals surface area contributed by atoms with Crippen LogP contribution >= 0.6 is 0 Å². The number of halogens is 5. The summed E-state index contributed by atoms with van der Waals surface area (Å²) >= 11 is 0. The molecule has 1 aliphatic carbocycles. The molecule has 3 aromatic carbocycles. The molecule has 2 aromatic heterocycles. The Bertz CT molecular complexity index is 2220. The number of nitrogens with two attached hydrogens (primary N) is 1. The summed E-state index contributed by atoms with van der Waals surface area (Å²) in [7, 11) is 1.45. The van der Waals surface area contributed by atoms with Crippen molar-refractivity contribution in [3.8, 4) is 22.8 Å². The highest BCUT2D eigenvalue weighted by molar-refractivity contribution is 6.00. The number of fused-ring (bicyclic) bond motifs is 2. The zero-order valence-corrected chi connectivity index (χ0v) is 27.1. The molecule has 2 aliphatic rings. The molecule has 1 aliphatic heterocycles. The van der Waals surface area contributed by atoms with Crippen LogP contribution in [0.25, 0.3) is 22.2 Å². The Hall–Kier alpha value is -5.57. The Morgan fingerprint density at radius 3 is 2.47 bits per heavy atom. The highest BCUT2D eigenvalue weighted by Gasteiger charge is 2.47. The average molecular weight is 708 g/mol. The highest BCUT2D eigenvalue weighted by Crippen LogP contribution is 2.48. The molecular formula is C36H30F5N5O5. The Labute approximate surface area is 287 Å². The van der Waals surface area contributed by atoms with E-state index in [4.69, 9.17) is 15.2 Å². The van der Waals surface area contributed by atoms with E-state index in [0.717, 1.165) is 12.8 Å². The van der Waals surface area contributed by atoms with E-state index in [9.17, 15) is 32.3 Å². The van der Waals surface area contributed by atoms with Crippen molar-refractivity contribution >= 4 is 22.7 Å². The number of hydrogen-bond donors (Lipinski definition) is 3. The number of aliphatic hydroxyl groups is 1. The number of aromatic nitrogens is 3. The number of hydrogen-bond acceptors (Lipinski definition) is 7. The molecule has 1 saturated carbocycles. The van der Waals surface area contributed by atoms with Crippen molar-refractivity contribution in [2.45, 2.75) is 43.0 Å². The quantitative estimate of drug-likeness (QED) is 0.171. The third kappa shape index (κ3) is 5.80. The van der Waals surface area contributed by atoms with Gasteiger partial charge in [0.2, 0.25) is 5.91 Å². The van der Waals surface area contributed by atoms with Crippen LogP contribution in [0.1, 0.15) is 58.5 Å². The minimum atomic E-state index is -5.20. The Morgan fingerprint density at radius 2 is 1.82 bits per heavy atom. The number of rotatable bonds is 9. The van der Waals surface area contributed by atoms with Crippen LogP contribution in [0.4, 0.5) is 22.0 Å². The summed E-state index contributed by atoms with van der Waals surface area (Å²) in [5, 5.41) is 20.4. The number of alkyl halides is 3. The topological polar surface area (TPSA) is 142 Å². The molecule has 5 aromatic rings. The maximum Gasteiger partial charge on any atom is 0.419 e. The minimum absolute atomic E-state index is 0.00386. The van der Waals surface area contributed by atoms with Crippen LogP contribution in [0, 0.1) is 11.6 Å². The molecule has 3 heterocycles. The van der Waals surface area contributed by atoms with E-state index in [2.05, 4.69) is 15.4 Å². The van der Waals surface area contributed by atoms with E-state index in [0.29, 0.717) is 16.7 Å². The van der Waals surface area contributed by atoms with Gasteiger partial charge in [0.25, 0.3) is 5.91 Å². The predicted molar refractivity (Wildman–Crippen MR) is 173 cm³/mol. The number of nitrogens with zero attached hydrogens (tertiary/aromatic N) is 3. The van der Waals surface area contributed by atoms with Crippen LogP contribution in [0.3, 0.4) is 0 Å². The van der Waals surface area contributed by atoms with Crippen molar-refractivity contribution in [1.29, 1.82) is 0 Å². The van der Waals surface area contributed by atoms with E-state index in [1.165, 1.54) is 38.3 Å². The van der Waals surface area contributed by atoms with Gasteiger partial charge in [-0.25, -0.2) is 13.8 Å². The van der Waals surface area contributed by atoms with Crippen LogP contribution in [-0.4, -0.2) is 51.9 Å². The van der Waals surface area contributed by atoms with E-state index < -0.39 is 64.0 Å². The molecule has 2 amide bonds. The molecule has 51 heavy (non-hydrogen) atoms. The zero-order chi connectivity index (χ0) is 36.5. The van der Waals surface area contributed by atoms with Gasteiger partial charge in [-0.1, -0.05) is 30.3 Å². The van der Waals surface area contributed by atoms with Gasteiger partial charge in [-0.05, 0) is 49.6 Å². The van der Waals surface area contributed by atoms with Gasteiger partial charge < -0.3 is 25.6 Å². The summed E-state index contributed by atoms with van der Waals surface area (Å²) in [6, 6.07) is 12.9. The monoisotopic (exact) mass is 707 g/mol. The first-order valence-corrected chi connectivity index (χ1v) is 15.8. The lowest BCUT2D eigenvalue weighted by Crippen LogP contribution is -2.43. The number of carbonyl (C=O) groups is 2. The van der Waals surface area contributed by atoms with Crippen molar-refractivity contribution in [3.05, 3.63) is 106 Å². The second kappa shape index (κ2) is 12.0. The summed E-state index contributed by atoms with van der Waals surface area (Å²) < 4.78 is 84.2. The third-order valence-corrected chi connectivity index (χ3v) is 9.41. The van der Waals surface area contributed by atoms with Crippen LogP contribution in [0.5, 0.6) is 11.5 Å². The largest absolute Gasteiger partial charge is 0.494 e. The zero-order valence-electron chi connectivity index (χ0n) is 27.1. The first kappa shape index (κ1) is 33.9. The number of methoxy groups -OCH3 is 1. The minimum Gasteiger partial charge on any atom is -0.494 e. The molecular weight excluding hydrogens is 677 g/mol. The molecule has 2 atom stereocenters. The third-order valence-electron chi connectivity index (χ3n) is 9.41. The standard InChI is InChI=1S/C36H30F5N5O5/c1-34(33(42)48)17-51-31-24(34)13-28(44-30(31)22-12-23(36(39,40)41)26(38)14-25(22)37)35(49,20-6-4-3-5-7-20)16-43-32(47)18-10-19-15-46(21-8-9-21)45-29(19)27(11-18)50-2/h3-7,10-15,21,49H,8-9,16-17H2,1-2H3,(H2,42,48)(H,43,47)/t34-,35+/m0/s1. The molecule has 10 nitrogen and oxygen atoms in total. The van der Waals surface area contributed by atoms with Gasteiger partial charge in [0.05, 0.1) is 31.0 Å². The van der Waals surface area contributed by atoms with E-state index in [1.54, 1.807) is 24.3 Å². The number of pyridine rings is 1. The number of amides is 2. The van der Waals surface area contributed by atoms with Gasteiger partial charge in [0.15, 0.2) is 0 Å². The molecule has 264 valence electrons. The lowest BCUT2D eigenvalue weighted by Gasteiger charge is -2.30. The average Bonchev–Trinajstić information content (AvgIpc) is 3.76. The SMILES string of the molecule is COc1cc(C(=O)NC[C@@](O)(c2ccccc2)c2cc3c(c(-c4cc(C(F)(F)F)c(F)cc4F)n2)OC[C@]3(C)C(N)=O)cc2cn(C3CC3)nc12. The predicted octanol–water partition coefficient (Wildman–Crippen LogP) is 5.54. The number of benzene rings is 3. The van der Waals surface area contributed by atoms with Crippen LogP contribution in [0.2, 0.25) is 0 Å². The fourth-order valence-corrected chi connectivity index (χ4v) is 6.23. The molecule has 0 spiro atoms. The summed E-state index contributed by atoms with van der Waals surface area (Å²) in [6.45, 7) is 0.471. The first-order chi connectivity index (χ1) is 24.1. The highest BCUT2D eigenvalue weighted by atomic mass is 19.4. The van der Waals surface area contributed by atoms with Crippen LogP contribution < -0.4 is 20.5 Å². The number of primary amides is 1. The van der Waals surface area contributed by atoms with E-state index in [1.807, 2.05) is 10.9 Å². The maximum absolute atomic E-state index is 15.4. The summed E-state index contributed by atoms with van der Waals surface area (Å²) in [5.74, 6) is -4.69.